The van der Waals surface area contributed by atoms with Gasteiger partial charge in [0.1, 0.15) is 0 Å². The quantitative estimate of drug-likeness (QED) is 0.712. The number of thiophene rings is 1. The number of amides is 1. The molecule has 6 heteroatoms. The fraction of sp³-hybridized carbons (Fsp3) is 0.211. The Morgan fingerprint density at radius 1 is 1.24 bits per heavy atom. The van der Waals surface area contributed by atoms with Crippen molar-refractivity contribution in [3.8, 4) is 0 Å². The number of benzene rings is 1. The number of carbonyl (C=O) groups is 2. The molecule has 25 heavy (non-hydrogen) atoms. The molecule has 128 valence electrons. The number of hydrogen-bond donors (Lipinski definition) is 2. The highest BCUT2D eigenvalue weighted by atomic mass is 32.1. The van der Waals surface area contributed by atoms with Crippen molar-refractivity contribution < 1.29 is 14.7 Å². The first kappa shape index (κ1) is 17.1. The molecule has 0 aliphatic heterocycles. The van der Waals surface area contributed by atoms with Crippen molar-refractivity contribution >= 4 is 33.4 Å². The van der Waals surface area contributed by atoms with Crippen LogP contribution in [0.2, 0.25) is 0 Å². The number of rotatable bonds is 6. The number of carboxylic acids is 1. The van der Waals surface area contributed by atoms with Crippen LogP contribution in [0.1, 0.15) is 21.5 Å². The van der Waals surface area contributed by atoms with Crippen molar-refractivity contribution in [3.05, 3.63) is 64.7 Å². The Labute approximate surface area is 149 Å². The summed E-state index contributed by atoms with van der Waals surface area (Å²) in [4.78, 5) is 28.0. The molecule has 0 fully saturated rings. The zero-order valence-electron chi connectivity index (χ0n) is 13.7. The molecule has 0 aliphatic carbocycles. The third-order valence-corrected chi connectivity index (χ3v) is 4.88. The van der Waals surface area contributed by atoms with E-state index in [9.17, 15) is 14.7 Å². The Balaban J connectivity index is 1.65. The van der Waals surface area contributed by atoms with Gasteiger partial charge in [-0.3, -0.25) is 14.6 Å². The van der Waals surface area contributed by atoms with Gasteiger partial charge in [0.05, 0.1) is 21.7 Å². The van der Waals surface area contributed by atoms with Crippen LogP contribution in [-0.2, 0) is 11.2 Å². The molecule has 0 spiro atoms. The lowest BCUT2D eigenvalue weighted by atomic mass is 9.98. The fourth-order valence-corrected chi connectivity index (χ4v) is 3.32. The largest absolute Gasteiger partial charge is 0.481 e. The van der Waals surface area contributed by atoms with Crippen molar-refractivity contribution in [1.82, 2.24) is 10.3 Å². The second kappa shape index (κ2) is 7.44. The molecular formula is C19H18N2O3S. The van der Waals surface area contributed by atoms with Gasteiger partial charge in [0.2, 0.25) is 0 Å². The molecule has 5 nitrogen and oxygen atoms in total. The average molecular weight is 354 g/mol. The normalized spacial score (nSPS) is 12.0. The maximum Gasteiger partial charge on any atom is 0.308 e. The van der Waals surface area contributed by atoms with Crippen LogP contribution in [0.3, 0.4) is 0 Å². The lowest BCUT2D eigenvalue weighted by Gasteiger charge is -2.14. The van der Waals surface area contributed by atoms with Crippen molar-refractivity contribution in [1.29, 1.82) is 0 Å². The first-order valence-electron chi connectivity index (χ1n) is 7.93. The van der Waals surface area contributed by atoms with E-state index in [1.807, 2.05) is 42.6 Å². The summed E-state index contributed by atoms with van der Waals surface area (Å²) in [7, 11) is 0. The second-order valence-corrected chi connectivity index (χ2v) is 6.91. The number of carbonyl (C=O) groups excluding carboxylic acids is 1. The molecule has 2 N–H and O–H groups in total. The summed E-state index contributed by atoms with van der Waals surface area (Å²) in [5, 5.41) is 14.1. The Bertz CT molecular complexity index is 902. The van der Waals surface area contributed by atoms with E-state index in [0.717, 1.165) is 21.3 Å². The molecule has 0 bridgehead atoms. The minimum Gasteiger partial charge on any atom is -0.481 e. The summed E-state index contributed by atoms with van der Waals surface area (Å²) >= 11 is 1.51. The number of nitrogens with one attached hydrogen (secondary N) is 1. The number of fused-ring (bicyclic) bond motifs is 1. The van der Waals surface area contributed by atoms with Gasteiger partial charge in [-0.25, -0.2) is 0 Å². The van der Waals surface area contributed by atoms with E-state index in [1.54, 1.807) is 6.07 Å². The van der Waals surface area contributed by atoms with Gasteiger partial charge in [0, 0.05) is 12.7 Å². The molecule has 3 aromatic rings. The Morgan fingerprint density at radius 2 is 2.00 bits per heavy atom. The SMILES string of the molecule is Cc1ccc(CC(CNC(=O)c2cnc3ccsc3c2)C(=O)O)cc1. The maximum absolute atomic E-state index is 12.3. The van der Waals surface area contributed by atoms with E-state index < -0.39 is 11.9 Å². The van der Waals surface area contributed by atoms with Crippen LogP contribution in [0, 0.1) is 12.8 Å². The highest BCUT2D eigenvalue weighted by molar-refractivity contribution is 7.17. The van der Waals surface area contributed by atoms with Crippen molar-refractivity contribution in [2.24, 2.45) is 5.92 Å². The molecule has 1 atom stereocenters. The predicted molar refractivity (Wildman–Crippen MR) is 98.0 cm³/mol. The lowest BCUT2D eigenvalue weighted by Crippen LogP contribution is -2.34. The summed E-state index contributed by atoms with van der Waals surface area (Å²) in [6.07, 6.45) is 1.89. The van der Waals surface area contributed by atoms with Gasteiger partial charge in [-0.15, -0.1) is 11.3 Å². The van der Waals surface area contributed by atoms with Gasteiger partial charge in [-0.05, 0) is 36.4 Å². The average Bonchev–Trinajstić information content (AvgIpc) is 3.07. The summed E-state index contributed by atoms with van der Waals surface area (Å²) in [5.41, 5.74) is 3.35. The van der Waals surface area contributed by atoms with Crippen LogP contribution in [-0.4, -0.2) is 28.5 Å². The number of carboxylic acid groups (broad SMARTS) is 1. The standard InChI is InChI=1S/C19H18N2O3S/c1-12-2-4-13(5-3-12)8-15(19(23)24)11-21-18(22)14-9-17-16(20-10-14)6-7-25-17/h2-7,9-10,15H,8,11H2,1H3,(H,21,22)(H,23,24). The third-order valence-electron chi connectivity index (χ3n) is 4.03. The third kappa shape index (κ3) is 4.22. The minimum absolute atomic E-state index is 0.0739. The summed E-state index contributed by atoms with van der Waals surface area (Å²) in [6, 6.07) is 11.4. The van der Waals surface area contributed by atoms with Crippen molar-refractivity contribution in [2.75, 3.05) is 6.54 Å². The van der Waals surface area contributed by atoms with E-state index >= 15 is 0 Å². The van der Waals surface area contributed by atoms with E-state index in [1.165, 1.54) is 17.5 Å². The molecule has 2 heterocycles. The number of hydrogen-bond acceptors (Lipinski definition) is 4. The van der Waals surface area contributed by atoms with E-state index in [2.05, 4.69) is 10.3 Å². The molecule has 0 radical (unpaired) electrons. The van der Waals surface area contributed by atoms with Crippen LogP contribution >= 0.6 is 11.3 Å². The van der Waals surface area contributed by atoms with Crippen molar-refractivity contribution in [3.63, 3.8) is 0 Å². The Kier molecular flexibility index (Phi) is 5.09. The van der Waals surface area contributed by atoms with Crippen LogP contribution in [0.15, 0.2) is 48.0 Å². The highest BCUT2D eigenvalue weighted by Crippen LogP contribution is 2.19. The molecule has 2 aromatic heterocycles. The summed E-state index contributed by atoms with van der Waals surface area (Å²) < 4.78 is 0.932. The molecule has 0 saturated carbocycles. The number of nitrogens with zero attached hydrogens (tertiary/aromatic N) is 1. The molecule has 1 amide bonds. The smallest absolute Gasteiger partial charge is 0.308 e. The van der Waals surface area contributed by atoms with Crippen LogP contribution in [0.25, 0.3) is 10.2 Å². The van der Waals surface area contributed by atoms with Gasteiger partial charge in [0.15, 0.2) is 0 Å². The number of pyridine rings is 1. The lowest BCUT2D eigenvalue weighted by molar-refractivity contribution is -0.141. The molecule has 0 saturated heterocycles. The van der Waals surface area contributed by atoms with Gasteiger partial charge < -0.3 is 10.4 Å². The van der Waals surface area contributed by atoms with Crippen LogP contribution < -0.4 is 5.32 Å². The van der Waals surface area contributed by atoms with E-state index in [-0.39, 0.29) is 12.5 Å². The van der Waals surface area contributed by atoms with Gasteiger partial charge in [-0.1, -0.05) is 29.8 Å². The van der Waals surface area contributed by atoms with Crippen molar-refractivity contribution in [2.45, 2.75) is 13.3 Å². The van der Waals surface area contributed by atoms with E-state index in [0.29, 0.717) is 12.0 Å². The van der Waals surface area contributed by atoms with Gasteiger partial charge in [-0.2, -0.15) is 0 Å². The second-order valence-electron chi connectivity index (χ2n) is 5.96. The molecular weight excluding hydrogens is 336 g/mol. The topological polar surface area (TPSA) is 79.3 Å². The Morgan fingerprint density at radius 3 is 2.72 bits per heavy atom. The molecule has 1 aromatic carbocycles. The predicted octanol–water partition coefficient (Wildman–Crippen LogP) is 3.28. The summed E-state index contributed by atoms with van der Waals surface area (Å²) in [6.45, 7) is 2.06. The summed E-state index contributed by atoms with van der Waals surface area (Å²) in [5.74, 6) is -1.91. The molecule has 0 aliphatic rings. The first-order chi connectivity index (χ1) is 12.0. The molecule has 3 rings (SSSR count). The number of aromatic nitrogens is 1. The Hall–Kier alpha value is -2.73. The fourth-order valence-electron chi connectivity index (χ4n) is 2.54. The highest BCUT2D eigenvalue weighted by Gasteiger charge is 2.19. The maximum atomic E-state index is 12.3. The van der Waals surface area contributed by atoms with Crippen LogP contribution in [0.4, 0.5) is 0 Å². The zero-order valence-corrected chi connectivity index (χ0v) is 14.5. The minimum atomic E-state index is -0.923. The number of aliphatic carboxylic acids is 1. The van der Waals surface area contributed by atoms with Gasteiger partial charge in [0.25, 0.3) is 5.91 Å². The van der Waals surface area contributed by atoms with Crippen LogP contribution in [0.5, 0.6) is 0 Å². The molecule has 1 unspecified atom stereocenters. The number of aryl methyl sites for hydroxylation is 1. The monoisotopic (exact) mass is 354 g/mol. The van der Waals surface area contributed by atoms with E-state index in [4.69, 9.17) is 0 Å². The van der Waals surface area contributed by atoms with Gasteiger partial charge >= 0.3 is 5.97 Å². The zero-order chi connectivity index (χ0) is 17.8. The first-order valence-corrected chi connectivity index (χ1v) is 8.80.